The van der Waals surface area contributed by atoms with Crippen molar-refractivity contribution in [1.29, 1.82) is 0 Å². The molecule has 0 spiro atoms. The molecule has 0 amide bonds. The van der Waals surface area contributed by atoms with Gasteiger partial charge in [0.25, 0.3) is 0 Å². The fourth-order valence-corrected chi connectivity index (χ4v) is 2.26. The van der Waals surface area contributed by atoms with Crippen LogP contribution in [-0.2, 0) is 16.0 Å². The van der Waals surface area contributed by atoms with Crippen molar-refractivity contribution < 1.29 is 14.6 Å². The number of rotatable bonds is 10. The molecule has 4 heteroatoms. The Kier molecular flexibility index (Phi) is 7.92. The SMILES string of the molecule is CCC(COC)NC(CCC(=O)O)Cc1ccccc1. The highest BCUT2D eigenvalue weighted by molar-refractivity contribution is 5.66. The number of carboxylic acid groups (broad SMARTS) is 1. The third-order valence-electron chi connectivity index (χ3n) is 3.36. The van der Waals surface area contributed by atoms with Crippen molar-refractivity contribution in [2.24, 2.45) is 0 Å². The monoisotopic (exact) mass is 279 g/mol. The van der Waals surface area contributed by atoms with E-state index in [1.807, 2.05) is 18.2 Å². The molecular weight excluding hydrogens is 254 g/mol. The van der Waals surface area contributed by atoms with Gasteiger partial charge in [-0.1, -0.05) is 37.3 Å². The molecule has 1 aromatic rings. The summed E-state index contributed by atoms with van der Waals surface area (Å²) in [5, 5.41) is 12.4. The number of aliphatic carboxylic acids is 1. The number of ether oxygens (including phenoxy) is 1. The number of carboxylic acids is 1. The second-order valence-electron chi connectivity index (χ2n) is 5.05. The van der Waals surface area contributed by atoms with E-state index >= 15 is 0 Å². The molecular formula is C16H25NO3. The van der Waals surface area contributed by atoms with Crippen LogP contribution in [0.2, 0.25) is 0 Å². The molecule has 0 heterocycles. The van der Waals surface area contributed by atoms with Crippen molar-refractivity contribution in [3.8, 4) is 0 Å². The maximum atomic E-state index is 10.8. The van der Waals surface area contributed by atoms with Crippen LogP contribution < -0.4 is 5.32 Å². The summed E-state index contributed by atoms with van der Waals surface area (Å²) >= 11 is 0. The molecule has 20 heavy (non-hydrogen) atoms. The molecule has 1 rings (SSSR count). The van der Waals surface area contributed by atoms with E-state index in [9.17, 15) is 4.79 Å². The van der Waals surface area contributed by atoms with Gasteiger partial charge in [-0.3, -0.25) is 4.79 Å². The average molecular weight is 279 g/mol. The molecule has 2 unspecified atom stereocenters. The Labute approximate surface area is 121 Å². The average Bonchev–Trinajstić information content (AvgIpc) is 2.45. The number of methoxy groups -OCH3 is 1. The van der Waals surface area contributed by atoms with Crippen molar-refractivity contribution in [1.82, 2.24) is 5.32 Å². The van der Waals surface area contributed by atoms with Gasteiger partial charge in [0.15, 0.2) is 0 Å². The molecule has 0 aliphatic heterocycles. The van der Waals surface area contributed by atoms with Crippen molar-refractivity contribution in [2.45, 2.75) is 44.7 Å². The molecule has 0 radical (unpaired) electrons. The van der Waals surface area contributed by atoms with Gasteiger partial charge in [0, 0.05) is 25.6 Å². The first-order valence-electron chi connectivity index (χ1n) is 7.16. The van der Waals surface area contributed by atoms with E-state index in [2.05, 4.69) is 24.4 Å². The topological polar surface area (TPSA) is 58.6 Å². The van der Waals surface area contributed by atoms with Crippen LogP contribution >= 0.6 is 0 Å². The summed E-state index contributed by atoms with van der Waals surface area (Å²) in [4.78, 5) is 10.8. The Hall–Kier alpha value is -1.39. The minimum Gasteiger partial charge on any atom is -0.481 e. The van der Waals surface area contributed by atoms with E-state index in [0.717, 1.165) is 12.8 Å². The van der Waals surface area contributed by atoms with Crippen LogP contribution in [0.4, 0.5) is 0 Å². The normalized spacial score (nSPS) is 13.9. The van der Waals surface area contributed by atoms with E-state index in [-0.39, 0.29) is 18.5 Å². The molecule has 112 valence electrons. The Morgan fingerprint density at radius 2 is 2.00 bits per heavy atom. The lowest BCUT2D eigenvalue weighted by molar-refractivity contribution is -0.137. The van der Waals surface area contributed by atoms with Crippen LogP contribution in [0.1, 0.15) is 31.7 Å². The van der Waals surface area contributed by atoms with Gasteiger partial charge in [-0.05, 0) is 24.8 Å². The Bertz CT molecular complexity index is 381. The number of nitrogens with one attached hydrogen (secondary N) is 1. The summed E-state index contributed by atoms with van der Waals surface area (Å²) in [5.74, 6) is -0.746. The molecule has 1 aromatic carbocycles. The number of carbonyl (C=O) groups is 1. The van der Waals surface area contributed by atoms with E-state index in [1.54, 1.807) is 7.11 Å². The molecule has 0 aromatic heterocycles. The summed E-state index contributed by atoms with van der Waals surface area (Å²) < 4.78 is 5.19. The van der Waals surface area contributed by atoms with E-state index in [4.69, 9.17) is 9.84 Å². The molecule has 0 saturated carbocycles. The Balaban J connectivity index is 2.61. The fraction of sp³-hybridized carbons (Fsp3) is 0.562. The molecule has 0 bridgehead atoms. The third kappa shape index (κ3) is 6.68. The minimum absolute atomic E-state index is 0.161. The smallest absolute Gasteiger partial charge is 0.303 e. The van der Waals surface area contributed by atoms with Gasteiger partial charge in [0.1, 0.15) is 0 Å². The highest BCUT2D eigenvalue weighted by Gasteiger charge is 2.16. The number of benzene rings is 1. The lowest BCUT2D eigenvalue weighted by Gasteiger charge is -2.24. The molecule has 4 nitrogen and oxygen atoms in total. The highest BCUT2D eigenvalue weighted by Crippen LogP contribution is 2.09. The fourth-order valence-electron chi connectivity index (χ4n) is 2.26. The van der Waals surface area contributed by atoms with Gasteiger partial charge in [-0.25, -0.2) is 0 Å². The lowest BCUT2D eigenvalue weighted by atomic mass is 10.0. The maximum absolute atomic E-state index is 10.8. The summed E-state index contributed by atoms with van der Waals surface area (Å²) in [6.07, 6.45) is 2.62. The van der Waals surface area contributed by atoms with Gasteiger partial charge in [0.05, 0.1) is 6.61 Å². The lowest BCUT2D eigenvalue weighted by Crippen LogP contribution is -2.42. The predicted molar refractivity (Wildman–Crippen MR) is 79.9 cm³/mol. The van der Waals surface area contributed by atoms with Crippen LogP contribution in [0, 0.1) is 0 Å². The van der Waals surface area contributed by atoms with Crippen LogP contribution in [0.25, 0.3) is 0 Å². The molecule has 0 aliphatic rings. The minimum atomic E-state index is -0.746. The second kappa shape index (κ2) is 9.50. The van der Waals surface area contributed by atoms with Crippen molar-refractivity contribution in [3.05, 3.63) is 35.9 Å². The molecule has 0 saturated heterocycles. The van der Waals surface area contributed by atoms with Gasteiger partial charge >= 0.3 is 5.97 Å². The van der Waals surface area contributed by atoms with E-state index in [0.29, 0.717) is 13.0 Å². The number of hydrogen-bond donors (Lipinski definition) is 2. The van der Waals surface area contributed by atoms with Crippen LogP contribution in [0.3, 0.4) is 0 Å². The van der Waals surface area contributed by atoms with Crippen LogP contribution in [0.15, 0.2) is 30.3 Å². The summed E-state index contributed by atoms with van der Waals surface area (Å²) in [5.41, 5.74) is 1.22. The Morgan fingerprint density at radius 1 is 1.30 bits per heavy atom. The third-order valence-corrected chi connectivity index (χ3v) is 3.36. The molecule has 2 N–H and O–H groups in total. The van der Waals surface area contributed by atoms with Gasteiger partial charge < -0.3 is 15.2 Å². The molecule has 0 aliphatic carbocycles. The van der Waals surface area contributed by atoms with Gasteiger partial charge in [-0.2, -0.15) is 0 Å². The standard InChI is InChI=1S/C16H25NO3/c1-3-14(12-20-2)17-15(9-10-16(18)19)11-13-7-5-4-6-8-13/h4-8,14-15,17H,3,9-12H2,1-2H3,(H,18,19). The van der Waals surface area contributed by atoms with Crippen molar-refractivity contribution >= 4 is 5.97 Å². The highest BCUT2D eigenvalue weighted by atomic mass is 16.5. The van der Waals surface area contributed by atoms with Crippen molar-refractivity contribution in [3.63, 3.8) is 0 Å². The quantitative estimate of drug-likeness (QED) is 0.691. The summed E-state index contributed by atoms with van der Waals surface area (Å²) in [6, 6.07) is 10.6. The van der Waals surface area contributed by atoms with Gasteiger partial charge in [0.2, 0.25) is 0 Å². The zero-order chi connectivity index (χ0) is 14.8. The maximum Gasteiger partial charge on any atom is 0.303 e. The summed E-state index contributed by atoms with van der Waals surface area (Å²) in [7, 11) is 1.69. The van der Waals surface area contributed by atoms with Crippen LogP contribution in [-0.4, -0.2) is 36.9 Å². The molecule has 0 fully saturated rings. The Morgan fingerprint density at radius 3 is 2.55 bits per heavy atom. The first-order chi connectivity index (χ1) is 9.65. The second-order valence-corrected chi connectivity index (χ2v) is 5.05. The van der Waals surface area contributed by atoms with Crippen LogP contribution in [0.5, 0.6) is 0 Å². The van der Waals surface area contributed by atoms with E-state index in [1.165, 1.54) is 5.56 Å². The van der Waals surface area contributed by atoms with Gasteiger partial charge in [-0.15, -0.1) is 0 Å². The summed E-state index contributed by atoms with van der Waals surface area (Å²) in [6.45, 7) is 2.75. The first-order valence-corrected chi connectivity index (χ1v) is 7.16. The van der Waals surface area contributed by atoms with E-state index < -0.39 is 5.97 Å². The zero-order valence-corrected chi connectivity index (χ0v) is 12.3. The largest absolute Gasteiger partial charge is 0.481 e. The van der Waals surface area contributed by atoms with Crippen molar-refractivity contribution in [2.75, 3.05) is 13.7 Å². The molecule has 2 atom stereocenters. The predicted octanol–water partition coefficient (Wildman–Crippen LogP) is 2.48. The number of hydrogen-bond acceptors (Lipinski definition) is 3. The first kappa shape index (κ1) is 16.7. The zero-order valence-electron chi connectivity index (χ0n) is 12.3.